The number of carboxylic acids is 1. The maximum absolute atomic E-state index is 13.7. The van der Waals surface area contributed by atoms with Gasteiger partial charge in [0, 0.05) is 13.7 Å². The van der Waals surface area contributed by atoms with Gasteiger partial charge in [-0.25, -0.2) is 9.48 Å². The van der Waals surface area contributed by atoms with Crippen LogP contribution >= 0.6 is 7.52 Å². The van der Waals surface area contributed by atoms with Gasteiger partial charge in [0.05, 0.1) is 18.7 Å². The lowest BCUT2D eigenvalue weighted by atomic mass is 9.93. The van der Waals surface area contributed by atoms with Crippen molar-refractivity contribution >= 4 is 13.5 Å². The van der Waals surface area contributed by atoms with Gasteiger partial charge in [-0.3, -0.25) is 9.36 Å². The van der Waals surface area contributed by atoms with Crippen molar-refractivity contribution < 1.29 is 28.5 Å². The third kappa shape index (κ3) is 6.21. The van der Waals surface area contributed by atoms with Crippen LogP contribution in [0, 0.1) is 26.6 Å². The maximum Gasteiger partial charge on any atom is 0.305 e. The average Bonchev–Trinajstić information content (AvgIpc) is 2.62. The highest BCUT2D eigenvalue weighted by Crippen LogP contribution is 2.43. The molecular formula is C21H27FNO5P. The van der Waals surface area contributed by atoms with Gasteiger partial charge in [-0.1, -0.05) is 23.8 Å². The Bertz CT molecular complexity index is 947. The molecule has 6 nitrogen and oxygen atoms in total. The lowest BCUT2D eigenvalue weighted by Crippen LogP contribution is -2.24. The number of carboxylic acid groups (broad SMARTS) is 1. The lowest BCUT2D eigenvalue weighted by Gasteiger charge is -2.22. The van der Waals surface area contributed by atoms with Crippen molar-refractivity contribution in [3.8, 4) is 11.1 Å². The van der Waals surface area contributed by atoms with Crippen LogP contribution in [0.1, 0.15) is 28.7 Å². The third-order valence-electron chi connectivity index (χ3n) is 4.74. The molecule has 0 fully saturated rings. The number of aliphatic carboxylic acids is 1. The van der Waals surface area contributed by atoms with Crippen molar-refractivity contribution in [2.24, 2.45) is 0 Å². The topological polar surface area (TPSA) is 95.9 Å². The second-order valence-electron chi connectivity index (χ2n) is 7.20. The summed E-state index contributed by atoms with van der Waals surface area (Å²) in [7, 11) is -2.20. The number of hydrogen-bond acceptors (Lipinski definition) is 4. The molecular weight excluding hydrogens is 396 g/mol. The van der Waals surface area contributed by atoms with Gasteiger partial charge in [0.25, 0.3) is 7.52 Å². The quantitative estimate of drug-likeness (QED) is 0.524. The smallest absolute Gasteiger partial charge is 0.305 e. The highest BCUT2D eigenvalue weighted by Gasteiger charge is 2.27. The number of carbonyl (C=O) groups is 1. The van der Waals surface area contributed by atoms with Crippen LogP contribution in [0.15, 0.2) is 30.3 Å². The first-order valence-corrected chi connectivity index (χ1v) is 11.0. The summed E-state index contributed by atoms with van der Waals surface area (Å²) in [4.78, 5) is 10.8. The number of hydrogen-bond donors (Lipinski definition) is 3. The molecule has 0 radical (unpaired) electrons. The van der Waals surface area contributed by atoms with Crippen LogP contribution < -0.4 is 5.09 Å². The standard InChI is InChI=1S/C21H27FNO5P/c1-13-7-14(2)19(18(8-13)16-5-6-20(22)15(3)9-16)11-23-29(27,28-4)12-17(24)10-21(25)26/h5-9,17,24H,10-12H2,1-4H3,(H,23,27)(H,25,26). The second-order valence-corrected chi connectivity index (χ2v) is 9.59. The first-order valence-electron chi connectivity index (χ1n) is 9.21. The zero-order valence-corrected chi connectivity index (χ0v) is 17.9. The first-order chi connectivity index (χ1) is 13.5. The molecule has 2 aromatic carbocycles. The van der Waals surface area contributed by atoms with Crippen LogP contribution in [0.25, 0.3) is 11.1 Å². The third-order valence-corrected chi connectivity index (χ3v) is 6.87. The molecule has 0 aliphatic carbocycles. The molecule has 0 aromatic heterocycles. The van der Waals surface area contributed by atoms with Crippen LogP contribution in [0.3, 0.4) is 0 Å². The molecule has 0 spiro atoms. The normalized spacial score (nSPS) is 14.4. The summed E-state index contributed by atoms with van der Waals surface area (Å²) in [6, 6.07) is 8.86. The Hall–Kier alpha value is -2.05. The zero-order chi connectivity index (χ0) is 21.8. The highest BCUT2D eigenvalue weighted by atomic mass is 31.2. The van der Waals surface area contributed by atoms with Crippen LogP contribution in [0.5, 0.6) is 0 Å². The predicted octanol–water partition coefficient (Wildman–Crippen LogP) is 4.18. The van der Waals surface area contributed by atoms with Gasteiger partial charge in [0.15, 0.2) is 0 Å². The molecule has 0 saturated carbocycles. The minimum atomic E-state index is -3.46. The summed E-state index contributed by atoms with van der Waals surface area (Å²) in [5, 5.41) is 21.5. The van der Waals surface area contributed by atoms with Crippen molar-refractivity contribution in [2.75, 3.05) is 13.3 Å². The molecule has 2 aromatic rings. The van der Waals surface area contributed by atoms with Gasteiger partial charge >= 0.3 is 5.97 Å². The van der Waals surface area contributed by atoms with Crippen LogP contribution in [-0.4, -0.2) is 35.6 Å². The molecule has 0 heterocycles. The monoisotopic (exact) mass is 423 g/mol. The largest absolute Gasteiger partial charge is 0.481 e. The number of rotatable bonds is 9. The summed E-state index contributed by atoms with van der Waals surface area (Å²) >= 11 is 0. The molecule has 0 aliphatic rings. The van der Waals surface area contributed by atoms with Gasteiger partial charge in [0.1, 0.15) is 5.82 Å². The van der Waals surface area contributed by atoms with Crippen molar-refractivity contribution in [3.63, 3.8) is 0 Å². The van der Waals surface area contributed by atoms with Crippen molar-refractivity contribution in [2.45, 2.75) is 39.8 Å². The molecule has 158 valence electrons. The summed E-state index contributed by atoms with van der Waals surface area (Å²) in [5.74, 6) is -1.46. The number of benzene rings is 2. The minimum Gasteiger partial charge on any atom is -0.481 e. The van der Waals surface area contributed by atoms with E-state index in [0.717, 1.165) is 27.8 Å². The van der Waals surface area contributed by atoms with E-state index in [-0.39, 0.29) is 18.5 Å². The summed E-state index contributed by atoms with van der Waals surface area (Å²) < 4.78 is 31.7. The van der Waals surface area contributed by atoms with E-state index in [2.05, 4.69) is 5.09 Å². The Kier molecular flexibility index (Phi) is 7.72. The van der Waals surface area contributed by atoms with Crippen LogP contribution in [-0.2, 0) is 20.4 Å². The fourth-order valence-corrected chi connectivity index (χ4v) is 4.74. The number of nitrogens with one attached hydrogen (secondary N) is 1. The molecule has 2 unspecified atom stereocenters. The molecule has 8 heteroatoms. The minimum absolute atomic E-state index is 0.183. The number of aliphatic hydroxyl groups is 1. The molecule has 0 saturated heterocycles. The SMILES string of the molecule is COP(=O)(CC(O)CC(=O)O)NCc1c(C)cc(C)cc1-c1ccc(F)c(C)c1. The Morgan fingerprint density at radius 2 is 1.90 bits per heavy atom. The zero-order valence-electron chi connectivity index (χ0n) is 17.0. The Morgan fingerprint density at radius 3 is 2.48 bits per heavy atom. The number of aliphatic hydroxyl groups excluding tert-OH is 1. The van der Waals surface area contributed by atoms with Gasteiger partial charge in [0.2, 0.25) is 0 Å². The van der Waals surface area contributed by atoms with E-state index in [9.17, 15) is 18.9 Å². The molecule has 3 N–H and O–H groups in total. The number of aryl methyl sites for hydroxylation is 3. The van der Waals surface area contributed by atoms with Crippen molar-refractivity contribution in [1.29, 1.82) is 0 Å². The number of halogens is 1. The molecule has 2 atom stereocenters. The Labute approximate surface area is 170 Å². The maximum atomic E-state index is 13.7. The molecule has 0 aliphatic heterocycles. The molecule has 0 amide bonds. The molecule has 29 heavy (non-hydrogen) atoms. The van der Waals surface area contributed by atoms with Gasteiger partial charge in [-0.15, -0.1) is 0 Å². The van der Waals surface area contributed by atoms with E-state index in [4.69, 9.17) is 9.63 Å². The van der Waals surface area contributed by atoms with Gasteiger partial charge in [-0.05, 0) is 60.7 Å². The van der Waals surface area contributed by atoms with E-state index in [1.165, 1.54) is 13.2 Å². The average molecular weight is 423 g/mol. The van der Waals surface area contributed by atoms with Crippen molar-refractivity contribution in [3.05, 3.63) is 58.4 Å². The fraction of sp³-hybridized carbons (Fsp3) is 0.381. The van der Waals surface area contributed by atoms with Crippen LogP contribution in [0.4, 0.5) is 4.39 Å². The fourth-order valence-electron chi connectivity index (χ4n) is 3.25. The molecule has 0 bridgehead atoms. The highest BCUT2D eigenvalue weighted by molar-refractivity contribution is 7.56. The van der Waals surface area contributed by atoms with Gasteiger partial charge in [-0.2, -0.15) is 0 Å². The second kappa shape index (κ2) is 9.63. The summed E-state index contributed by atoms with van der Waals surface area (Å²) in [5.41, 5.74) is 5.11. The van der Waals surface area contributed by atoms with Crippen molar-refractivity contribution in [1.82, 2.24) is 5.09 Å². The van der Waals surface area contributed by atoms with Gasteiger partial charge < -0.3 is 14.7 Å². The summed E-state index contributed by atoms with van der Waals surface area (Å²) in [6.45, 7) is 5.78. The first kappa shape index (κ1) is 23.2. The van der Waals surface area contributed by atoms with E-state index < -0.39 is 26.0 Å². The van der Waals surface area contributed by atoms with E-state index in [1.807, 2.05) is 26.0 Å². The van der Waals surface area contributed by atoms with E-state index in [1.54, 1.807) is 19.1 Å². The predicted molar refractivity (Wildman–Crippen MR) is 111 cm³/mol. The summed E-state index contributed by atoms with van der Waals surface area (Å²) in [6.07, 6.45) is -2.12. The Balaban J connectivity index is 2.33. The van der Waals surface area contributed by atoms with E-state index in [0.29, 0.717) is 5.56 Å². The Morgan fingerprint density at radius 1 is 1.21 bits per heavy atom. The lowest BCUT2D eigenvalue weighted by molar-refractivity contribution is -0.138. The van der Waals surface area contributed by atoms with Crippen LogP contribution in [0.2, 0.25) is 0 Å². The van der Waals surface area contributed by atoms with E-state index >= 15 is 0 Å². The molecule has 2 rings (SSSR count).